The summed E-state index contributed by atoms with van der Waals surface area (Å²) >= 11 is 0. The summed E-state index contributed by atoms with van der Waals surface area (Å²) in [5.41, 5.74) is 0.255. The summed E-state index contributed by atoms with van der Waals surface area (Å²) < 4.78 is 27.0. The molecule has 0 aromatic heterocycles. The largest absolute Gasteiger partial charge is 0.357 e. The second-order valence-corrected chi connectivity index (χ2v) is 6.63. The fraction of sp³-hybridized carbons (Fsp3) is 0.632. The minimum atomic E-state index is -0.450. The zero-order chi connectivity index (χ0) is 18.9. The van der Waals surface area contributed by atoms with Gasteiger partial charge in [-0.2, -0.15) is 0 Å². The maximum Gasteiger partial charge on any atom is 0.191 e. The number of aliphatic imine (C=N–C) groups is 1. The highest BCUT2D eigenvalue weighted by molar-refractivity contribution is 5.79. The van der Waals surface area contributed by atoms with Crippen molar-refractivity contribution in [2.75, 3.05) is 45.8 Å². The molecule has 1 aliphatic rings. The molecule has 1 unspecified atom stereocenters. The van der Waals surface area contributed by atoms with E-state index < -0.39 is 11.6 Å². The van der Waals surface area contributed by atoms with Gasteiger partial charge >= 0.3 is 0 Å². The molecule has 7 heteroatoms. The first-order valence-corrected chi connectivity index (χ1v) is 9.46. The normalized spacial score (nSPS) is 18.0. The molecule has 146 valence electrons. The van der Waals surface area contributed by atoms with E-state index in [-0.39, 0.29) is 12.1 Å². The maximum absolute atomic E-state index is 13.7. The van der Waals surface area contributed by atoms with Crippen LogP contribution in [0.3, 0.4) is 0 Å². The first-order chi connectivity index (χ1) is 12.5. The fourth-order valence-electron chi connectivity index (χ4n) is 3.06. The Labute approximate surface area is 155 Å². The van der Waals surface area contributed by atoms with Crippen molar-refractivity contribution in [3.63, 3.8) is 0 Å². The van der Waals surface area contributed by atoms with Crippen LogP contribution in [0.25, 0.3) is 0 Å². The summed E-state index contributed by atoms with van der Waals surface area (Å²) in [6.07, 6.45) is 0. The third-order valence-corrected chi connectivity index (χ3v) is 4.80. The molecule has 0 radical (unpaired) electrons. The molecule has 0 spiro atoms. The summed E-state index contributed by atoms with van der Waals surface area (Å²) in [6.45, 7) is 13.4. The van der Waals surface area contributed by atoms with Crippen LogP contribution in [-0.4, -0.2) is 67.6 Å². The van der Waals surface area contributed by atoms with Crippen molar-refractivity contribution >= 4 is 5.96 Å². The number of likely N-dealkylation sites (N-methyl/N-ethyl adjacent to an activating group) is 1. The smallest absolute Gasteiger partial charge is 0.191 e. The van der Waals surface area contributed by atoms with E-state index in [1.807, 2.05) is 6.92 Å². The van der Waals surface area contributed by atoms with E-state index in [2.05, 4.69) is 39.3 Å². The highest BCUT2D eigenvalue weighted by atomic mass is 19.1. The van der Waals surface area contributed by atoms with Crippen molar-refractivity contribution < 1.29 is 8.78 Å². The van der Waals surface area contributed by atoms with Crippen LogP contribution in [-0.2, 0) is 6.54 Å². The van der Waals surface area contributed by atoms with Gasteiger partial charge in [0.15, 0.2) is 5.96 Å². The monoisotopic (exact) mass is 367 g/mol. The molecule has 1 aromatic rings. The van der Waals surface area contributed by atoms with Crippen LogP contribution in [0.5, 0.6) is 0 Å². The molecule has 0 bridgehead atoms. The molecular formula is C19H31F2N5. The molecule has 2 rings (SSSR count). The number of guanidine groups is 1. The standard InChI is InChI=1S/C19H31F2N5/c1-4-22-19(24-14-16-12-17(20)6-7-18(16)21)23-13-15(3)26-10-8-25(5-2)9-11-26/h6-7,12,15H,4-5,8-11,13-14H2,1-3H3,(H2,22,23,24). The minimum Gasteiger partial charge on any atom is -0.357 e. The van der Waals surface area contributed by atoms with Crippen LogP contribution in [0, 0.1) is 11.6 Å². The SMILES string of the molecule is CCNC(=NCc1cc(F)ccc1F)NCC(C)N1CCN(CC)CC1. The Balaban J connectivity index is 1.88. The number of hydrogen-bond donors (Lipinski definition) is 2. The van der Waals surface area contributed by atoms with Crippen LogP contribution in [0.1, 0.15) is 26.3 Å². The first-order valence-electron chi connectivity index (χ1n) is 9.46. The van der Waals surface area contributed by atoms with Gasteiger partial charge in [0, 0.05) is 50.9 Å². The molecule has 1 atom stereocenters. The van der Waals surface area contributed by atoms with Crippen molar-refractivity contribution in [2.24, 2.45) is 4.99 Å². The number of benzene rings is 1. The average molecular weight is 367 g/mol. The van der Waals surface area contributed by atoms with E-state index in [1.165, 1.54) is 6.07 Å². The van der Waals surface area contributed by atoms with Gasteiger partial charge in [-0.05, 0) is 38.6 Å². The molecule has 1 heterocycles. The molecule has 1 aromatic carbocycles. The molecule has 5 nitrogen and oxygen atoms in total. The molecule has 2 N–H and O–H groups in total. The lowest BCUT2D eigenvalue weighted by molar-refractivity contribution is 0.107. The van der Waals surface area contributed by atoms with E-state index in [4.69, 9.17) is 0 Å². The maximum atomic E-state index is 13.7. The number of piperazine rings is 1. The van der Waals surface area contributed by atoms with Gasteiger partial charge < -0.3 is 15.5 Å². The van der Waals surface area contributed by atoms with E-state index in [1.54, 1.807) is 0 Å². The molecule has 1 aliphatic heterocycles. The van der Waals surface area contributed by atoms with Crippen molar-refractivity contribution in [1.29, 1.82) is 0 Å². The predicted octanol–water partition coefficient (Wildman–Crippen LogP) is 2.05. The quantitative estimate of drug-likeness (QED) is 0.572. The minimum absolute atomic E-state index is 0.0997. The predicted molar refractivity (Wildman–Crippen MR) is 102 cm³/mol. The molecule has 0 amide bonds. The van der Waals surface area contributed by atoms with Gasteiger partial charge in [0.25, 0.3) is 0 Å². The average Bonchev–Trinajstić information content (AvgIpc) is 2.66. The summed E-state index contributed by atoms with van der Waals surface area (Å²) in [5, 5.41) is 6.47. The van der Waals surface area contributed by atoms with E-state index >= 15 is 0 Å². The Bertz CT molecular complexity index is 585. The van der Waals surface area contributed by atoms with Crippen LogP contribution >= 0.6 is 0 Å². The molecule has 0 saturated carbocycles. The lowest BCUT2D eigenvalue weighted by Gasteiger charge is -2.37. The topological polar surface area (TPSA) is 42.9 Å². The Hall–Kier alpha value is -1.73. The third-order valence-electron chi connectivity index (χ3n) is 4.80. The summed E-state index contributed by atoms with van der Waals surface area (Å²) in [5.74, 6) is -0.266. The van der Waals surface area contributed by atoms with E-state index in [0.29, 0.717) is 18.5 Å². The Morgan fingerprint density at radius 3 is 2.54 bits per heavy atom. The zero-order valence-corrected chi connectivity index (χ0v) is 16.1. The van der Waals surface area contributed by atoms with Crippen LogP contribution in [0.2, 0.25) is 0 Å². The van der Waals surface area contributed by atoms with E-state index in [0.717, 1.165) is 51.4 Å². The van der Waals surface area contributed by atoms with Gasteiger partial charge in [0.05, 0.1) is 6.54 Å². The summed E-state index contributed by atoms with van der Waals surface area (Å²) in [6, 6.07) is 3.83. The molecule has 26 heavy (non-hydrogen) atoms. The second kappa shape index (κ2) is 10.4. The Morgan fingerprint density at radius 2 is 1.88 bits per heavy atom. The number of halogens is 2. The highest BCUT2D eigenvalue weighted by Gasteiger charge is 2.20. The van der Waals surface area contributed by atoms with Gasteiger partial charge in [-0.25, -0.2) is 13.8 Å². The van der Waals surface area contributed by atoms with Crippen LogP contribution in [0.4, 0.5) is 8.78 Å². The van der Waals surface area contributed by atoms with Gasteiger partial charge in [-0.15, -0.1) is 0 Å². The molecular weight excluding hydrogens is 336 g/mol. The Kier molecular flexibility index (Phi) is 8.25. The van der Waals surface area contributed by atoms with Crippen molar-refractivity contribution in [2.45, 2.75) is 33.4 Å². The van der Waals surface area contributed by atoms with Crippen molar-refractivity contribution in [3.05, 3.63) is 35.4 Å². The zero-order valence-electron chi connectivity index (χ0n) is 16.1. The first kappa shape index (κ1) is 20.6. The fourth-order valence-corrected chi connectivity index (χ4v) is 3.06. The lowest BCUT2D eigenvalue weighted by Crippen LogP contribution is -2.53. The molecule has 1 fully saturated rings. The number of nitrogens with zero attached hydrogens (tertiary/aromatic N) is 3. The van der Waals surface area contributed by atoms with Gasteiger partial charge in [0.2, 0.25) is 0 Å². The van der Waals surface area contributed by atoms with Gasteiger partial charge in [-0.1, -0.05) is 6.92 Å². The Morgan fingerprint density at radius 1 is 1.15 bits per heavy atom. The van der Waals surface area contributed by atoms with Crippen LogP contribution < -0.4 is 10.6 Å². The van der Waals surface area contributed by atoms with Crippen molar-refractivity contribution in [3.8, 4) is 0 Å². The summed E-state index contributed by atoms with van der Waals surface area (Å²) in [7, 11) is 0. The number of rotatable bonds is 7. The van der Waals surface area contributed by atoms with E-state index in [9.17, 15) is 8.78 Å². The van der Waals surface area contributed by atoms with Gasteiger partial charge in [-0.3, -0.25) is 4.90 Å². The van der Waals surface area contributed by atoms with Crippen molar-refractivity contribution in [1.82, 2.24) is 20.4 Å². The molecule has 0 aliphatic carbocycles. The number of hydrogen-bond acceptors (Lipinski definition) is 3. The molecule has 1 saturated heterocycles. The van der Waals surface area contributed by atoms with Crippen LogP contribution in [0.15, 0.2) is 23.2 Å². The summed E-state index contributed by atoms with van der Waals surface area (Å²) in [4.78, 5) is 9.31. The van der Waals surface area contributed by atoms with Gasteiger partial charge in [0.1, 0.15) is 11.6 Å². The second-order valence-electron chi connectivity index (χ2n) is 6.63. The third kappa shape index (κ3) is 6.21. The lowest BCUT2D eigenvalue weighted by atomic mass is 10.2. The number of nitrogens with one attached hydrogen (secondary N) is 2. The highest BCUT2D eigenvalue weighted by Crippen LogP contribution is 2.10.